The van der Waals surface area contributed by atoms with Crippen molar-refractivity contribution in [1.82, 2.24) is 0 Å². The molecule has 3 nitrogen and oxygen atoms in total. The molecule has 0 radical (unpaired) electrons. The fraction of sp³-hybridized carbons (Fsp3) is 0.926. The molecule has 0 unspecified atom stereocenters. The van der Waals surface area contributed by atoms with Gasteiger partial charge in [-0.15, -0.1) is 0 Å². The minimum atomic E-state index is -0.140. The van der Waals surface area contributed by atoms with Gasteiger partial charge in [-0.2, -0.15) is 0 Å². The van der Waals surface area contributed by atoms with Gasteiger partial charge in [0, 0.05) is 18.3 Å². The number of hydrogen-bond acceptors (Lipinski definition) is 3. The van der Waals surface area contributed by atoms with Crippen molar-refractivity contribution in [2.75, 3.05) is 7.11 Å². The first-order valence-electron chi connectivity index (χ1n) is 12.7. The molecular weight excluding hydrogens is 372 g/mol. The summed E-state index contributed by atoms with van der Waals surface area (Å²) in [7, 11) is 1.50. The number of Topliss-reactive ketones (excluding diaryl/α,β-unsaturated/α-hetero) is 1. The molecule has 0 heterocycles. The topological polar surface area (TPSA) is 43.4 Å². The SMILES string of the molecule is COC(=O)CC[C@@H](C)[C@H]1CC[C@H]2[C@@H]3CC[C@@H]4C(C)(C)C(=O)CC[C@]4(C)[C@H]3CC[C@]12C. The minimum absolute atomic E-state index is 0.0639. The molecule has 4 saturated carbocycles. The molecule has 0 N–H and O–H groups in total. The Bertz CT molecular complexity index is 696. The lowest BCUT2D eigenvalue weighted by atomic mass is 9.41. The molecular formula is C27H44O3. The van der Waals surface area contributed by atoms with Crippen LogP contribution in [-0.4, -0.2) is 18.9 Å². The molecule has 0 aromatic heterocycles. The maximum absolute atomic E-state index is 12.7. The molecule has 0 spiro atoms. The Morgan fingerprint density at radius 1 is 1.00 bits per heavy atom. The van der Waals surface area contributed by atoms with Gasteiger partial charge in [0.2, 0.25) is 0 Å². The molecule has 0 amide bonds. The van der Waals surface area contributed by atoms with Crippen LogP contribution < -0.4 is 0 Å². The summed E-state index contributed by atoms with van der Waals surface area (Å²) in [5.74, 6) is 4.80. The molecule has 3 heteroatoms. The molecule has 0 bridgehead atoms. The van der Waals surface area contributed by atoms with E-state index in [0.717, 1.165) is 42.9 Å². The smallest absolute Gasteiger partial charge is 0.305 e. The summed E-state index contributed by atoms with van der Waals surface area (Å²) in [4.78, 5) is 24.4. The van der Waals surface area contributed by atoms with Crippen LogP contribution in [0.4, 0.5) is 0 Å². The number of hydrogen-bond donors (Lipinski definition) is 0. The van der Waals surface area contributed by atoms with E-state index in [2.05, 4.69) is 34.6 Å². The Balaban J connectivity index is 1.53. The molecule has 4 aliphatic rings. The van der Waals surface area contributed by atoms with Crippen LogP contribution >= 0.6 is 0 Å². The van der Waals surface area contributed by atoms with Crippen molar-refractivity contribution in [3.63, 3.8) is 0 Å². The second kappa shape index (κ2) is 7.62. The zero-order valence-corrected chi connectivity index (χ0v) is 20.3. The van der Waals surface area contributed by atoms with Crippen molar-refractivity contribution in [3.05, 3.63) is 0 Å². The maximum atomic E-state index is 12.7. The third kappa shape index (κ3) is 3.20. The van der Waals surface area contributed by atoms with Crippen molar-refractivity contribution in [1.29, 1.82) is 0 Å². The van der Waals surface area contributed by atoms with Crippen molar-refractivity contribution >= 4 is 11.8 Å². The van der Waals surface area contributed by atoms with Crippen molar-refractivity contribution in [2.24, 2.45) is 51.8 Å². The summed E-state index contributed by atoms with van der Waals surface area (Å²) in [6.07, 6.45) is 11.4. The van der Waals surface area contributed by atoms with E-state index in [-0.39, 0.29) is 11.4 Å². The highest BCUT2D eigenvalue weighted by Crippen LogP contribution is 2.69. The first-order valence-corrected chi connectivity index (χ1v) is 12.7. The third-order valence-electron chi connectivity index (χ3n) is 11.1. The summed E-state index contributed by atoms with van der Waals surface area (Å²) in [5, 5.41) is 0. The zero-order chi connectivity index (χ0) is 21.9. The summed E-state index contributed by atoms with van der Waals surface area (Å²) in [5.41, 5.74) is 0.634. The zero-order valence-electron chi connectivity index (χ0n) is 20.3. The first-order chi connectivity index (χ1) is 14.1. The average molecular weight is 417 g/mol. The Kier molecular flexibility index (Phi) is 5.68. The van der Waals surface area contributed by atoms with Gasteiger partial charge in [-0.25, -0.2) is 0 Å². The molecule has 4 aliphatic carbocycles. The van der Waals surface area contributed by atoms with E-state index in [4.69, 9.17) is 4.74 Å². The lowest BCUT2D eigenvalue weighted by molar-refractivity contribution is -0.165. The fourth-order valence-corrected chi connectivity index (χ4v) is 9.52. The molecule has 0 aromatic carbocycles. The van der Waals surface area contributed by atoms with Gasteiger partial charge in [0.05, 0.1) is 7.11 Å². The van der Waals surface area contributed by atoms with Crippen LogP contribution in [0.5, 0.6) is 0 Å². The van der Waals surface area contributed by atoms with Gasteiger partial charge in [-0.3, -0.25) is 9.59 Å². The van der Waals surface area contributed by atoms with E-state index in [9.17, 15) is 9.59 Å². The quantitative estimate of drug-likeness (QED) is 0.495. The molecule has 170 valence electrons. The number of esters is 1. The number of carbonyl (C=O) groups is 2. The highest BCUT2D eigenvalue weighted by Gasteiger charge is 2.63. The molecule has 4 fully saturated rings. The molecule has 8 atom stereocenters. The van der Waals surface area contributed by atoms with Crippen LogP contribution in [0.15, 0.2) is 0 Å². The lowest BCUT2D eigenvalue weighted by Crippen LogP contribution is -2.58. The number of rotatable bonds is 4. The van der Waals surface area contributed by atoms with Crippen LogP contribution in [0.1, 0.15) is 98.8 Å². The summed E-state index contributed by atoms with van der Waals surface area (Å²) in [6, 6.07) is 0. The van der Waals surface area contributed by atoms with E-state index >= 15 is 0 Å². The van der Waals surface area contributed by atoms with Crippen molar-refractivity contribution < 1.29 is 14.3 Å². The Hall–Kier alpha value is -0.860. The van der Waals surface area contributed by atoms with Crippen LogP contribution in [0.2, 0.25) is 0 Å². The average Bonchev–Trinajstić information content (AvgIpc) is 3.06. The second-order valence-electron chi connectivity index (χ2n) is 12.5. The first kappa shape index (κ1) is 22.3. The van der Waals surface area contributed by atoms with E-state index < -0.39 is 0 Å². The van der Waals surface area contributed by atoms with E-state index in [0.29, 0.717) is 34.9 Å². The lowest BCUT2D eigenvalue weighted by Gasteiger charge is -2.63. The van der Waals surface area contributed by atoms with Crippen LogP contribution in [0.25, 0.3) is 0 Å². The Labute approximate surface area is 184 Å². The predicted molar refractivity (Wildman–Crippen MR) is 120 cm³/mol. The number of carbonyl (C=O) groups excluding carboxylic acids is 2. The van der Waals surface area contributed by atoms with Crippen LogP contribution in [0, 0.1) is 51.8 Å². The number of ketones is 1. The van der Waals surface area contributed by atoms with Gasteiger partial charge in [0.1, 0.15) is 5.78 Å². The fourth-order valence-electron chi connectivity index (χ4n) is 9.52. The van der Waals surface area contributed by atoms with Gasteiger partial charge >= 0.3 is 5.97 Å². The number of methoxy groups -OCH3 is 1. The largest absolute Gasteiger partial charge is 0.469 e. The highest BCUT2D eigenvalue weighted by molar-refractivity contribution is 5.85. The van der Waals surface area contributed by atoms with E-state index in [1.807, 2.05) is 0 Å². The van der Waals surface area contributed by atoms with Crippen LogP contribution in [0.3, 0.4) is 0 Å². The molecule has 0 saturated heterocycles. The molecule has 4 rings (SSSR count). The van der Waals surface area contributed by atoms with E-state index in [1.165, 1.54) is 45.6 Å². The second-order valence-corrected chi connectivity index (χ2v) is 12.5. The van der Waals surface area contributed by atoms with Crippen molar-refractivity contribution in [3.8, 4) is 0 Å². The van der Waals surface area contributed by atoms with E-state index in [1.54, 1.807) is 0 Å². The molecule has 0 aromatic rings. The highest BCUT2D eigenvalue weighted by atomic mass is 16.5. The normalized spacial score (nSPS) is 45.8. The van der Waals surface area contributed by atoms with Gasteiger partial charge < -0.3 is 4.74 Å². The number of ether oxygens (including phenoxy) is 1. The summed E-state index contributed by atoms with van der Waals surface area (Å²) in [6.45, 7) is 12.0. The molecule has 0 aliphatic heterocycles. The molecule has 30 heavy (non-hydrogen) atoms. The van der Waals surface area contributed by atoms with Crippen molar-refractivity contribution in [2.45, 2.75) is 98.8 Å². The summed E-state index contributed by atoms with van der Waals surface area (Å²) < 4.78 is 4.89. The third-order valence-corrected chi connectivity index (χ3v) is 11.1. The van der Waals surface area contributed by atoms with Gasteiger partial charge in [-0.05, 0) is 97.7 Å². The standard InChI is InChI=1S/C27H44O3/c1-17(7-12-24(29)30-6)19-9-10-20-18-8-11-22-25(2,3)23(28)14-16-27(22,5)21(18)13-15-26(19,20)4/h17-22H,7-16H2,1-6H3/t17-,18+,19-,20+,21+,22-,26-,27-/m1/s1. The van der Waals surface area contributed by atoms with Gasteiger partial charge in [-0.1, -0.05) is 34.6 Å². The Morgan fingerprint density at radius 3 is 2.40 bits per heavy atom. The minimum Gasteiger partial charge on any atom is -0.469 e. The summed E-state index contributed by atoms with van der Waals surface area (Å²) >= 11 is 0. The van der Waals surface area contributed by atoms with Gasteiger partial charge in [0.15, 0.2) is 0 Å². The number of fused-ring (bicyclic) bond motifs is 5. The maximum Gasteiger partial charge on any atom is 0.305 e. The Morgan fingerprint density at radius 2 is 1.70 bits per heavy atom. The van der Waals surface area contributed by atoms with Gasteiger partial charge in [0.25, 0.3) is 0 Å². The van der Waals surface area contributed by atoms with Crippen LogP contribution in [-0.2, 0) is 14.3 Å². The predicted octanol–water partition coefficient (Wildman–Crippen LogP) is 6.44. The monoisotopic (exact) mass is 416 g/mol.